The van der Waals surface area contributed by atoms with Crippen molar-refractivity contribution in [3.8, 4) is 0 Å². The summed E-state index contributed by atoms with van der Waals surface area (Å²) in [5.74, 6) is -0.225. The maximum atomic E-state index is 13.0. The number of nitrogens with one attached hydrogen (secondary N) is 2. The van der Waals surface area contributed by atoms with Crippen LogP contribution in [0, 0.1) is 10.1 Å². The molecule has 2 aromatic rings. The fourth-order valence-corrected chi connectivity index (χ4v) is 3.54. The van der Waals surface area contributed by atoms with Gasteiger partial charge >= 0.3 is 0 Å². The molecule has 0 aromatic heterocycles. The zero-order chi connectivity index (χ0) is 21.7. The number of benzene rings is 2. The van der Waals surface area contributed by atoms with Crippen LogP contribution in [0.4, 0.5) is 17.1 Å². The van der Waals surface area contributed by atoms with Crippen LogP contribution in [0.5, 0.6) is 0 Å². The van der Waals surface area contributed by atoms with Gasteiger partial charge in [0.25, 0.3) is 11.6 Å². The van der Waals surface area contributed by atoms with E-state index in [1.54, 1.807) is 6.07 Å². The molecule has 158 valence electrons. The summed E-state index contributed by atoms with van der Waals surface area (Å²) in [4.78, 5) is 25.7. The molecule has 0 atom stereocenters. The van der Waals surface area contributed by atoms with Gasteiger partial charge < -0.3 is 15.0 Å². The van der Waals surface area contributed by atoms with E-state index in [9.17, 15) is 14.9 Å². The highest BCUT2D eigenvalue weighted by Gasteiger charge is 2.23. The van der Waals surface area contributed by atoms with Gasteiger partial charge in [0.05, 0.1) is 29.4 Å². The van der Waals surface area contributed by atoms with Crippen molar-refractivity contribution >= 4 is 40.3 Å². The highest BCUT2D eigenvalue weighted by atomic mass is 32.1. The van der Waals surface area contributed by atoms with Gasteiger partial charge in [0, 0.05) is 30.9 Å². The minimum atomic E-state index is -0.519. The van der Waals surface area contributed by atoms with E-state index in [0.717, 1.165) is 11.3 Å². The number of hydrogen-bond acceptors (Lipinski definition) is 6. The Hall–Kier alpha value is -3.04. The number of carbonyl (C=O) groups excluding carboxylic acids is 1. The average Bonchev–Trinajstić information content (AvgIpc) is 2.74. The lowest BCUT2D eigenvalue weighted by molar-refractivity contribution is -0.384. The van der Waals surface area contributed by atoms with E-state index >= 15 is 0 Å². The average molecular weight is 429 g/mol. The molecule has 1 saturated heterocycles. The molecule has 2 aromatic carbocycles. The fourth-order valence-electron chi connectivity index (χ4n) is 3.34. The third-order valence-electron chi connectivity index (χ3n) is 4.85. The number of ether oxygens (including phenoxy) is 1. The minimum absolute atomic E-state index is 0.132. The van der Waals surface area contributed by atoms with Crippen molar-refractivity contribution in [1.29, 1.82) is 0 Å². The van der Waals surface area contributed by atoms with Crippen molar-refractivity contribution in [2.24, 2.45) is 0 Å². The molecule has 0 bridgehead atoms. The molecule has 1 aliphatic rings. The number of nitrogens with zero attached hydrogens (tertiary/aromatic N) is 2. The van der Waals surface area contributed by atoms with Crippen LogP contribution in [0.2, 0.25) is 0 Å². The van der Waals surface area contributed by atoms with Crippen LogP contribution in [-0.2, 0) is 4.74 Å². The molecule has 9 heteroatoms. The summed E-state index contributed by atoms with van der Waals surface area (Å²) < 4.78 is 5.36. The third kappa shape index (κ3) is 5.11. The number of anilines is 2. The first-order chi connectivity index (χ1) is 14.4. The van der Waals surface area contributed by atoms with Crippen molar-refractivity contribution in [1.82, 2.24) is 5.32 Å². The Morgan fingerprint density at radius 1 is 1.20 bits per heavy atom. The van der Waals surface area contributed by atoms with E-state index in [4.69, 9.17) is 17.0 Å². The van der Waals surface area contributed by atoms with Gasteiger partial charge in [-0.1, -0.05) is 32.0 Å². The monoisotopic (exact) mass is 428 g/mol. The largest absolute Gasteiger partial charge is 0.378 e. The number of hydrogen-bond donors (Lipinski definition) is 2. The molecule has 3 rings (SSSR count). The molecular formula is C21H24N4O4S. The molecule has 1 fully saturated rings. The maximum absolute atomic E-state index is 13.0. The first-order valence-corrected chi connectivity index (χ1v) is 10.1. The molecule has 1 aliphatic heterocycles. The van der Waals surface area contributed by atoms with Crippen molar-refractivity contribution in [3.05, 3.63) is 63.7 Å². The van der Waals surface area contributed by atoms with Gasteiger partial charge in [-0.05, 0) is 35.8 Å². The van der Waals surface area contributed by atoms with E-state index in [1.807, 2.05) is 29.2 Å². The predicted molar refractivity (Wildman–Crippen MR) is 120 cm³/mol. The van der Waals surface area contributed by atoms with Crippen molar-refractivity contribution in [2.45, 2.75) is 19.8 Å². The van der Waals surface area contributed by atoms with Gasteiger partial charge in [-0.2, -0.15) is 0 Å². The van der Waals surface area contributed by atoms with Crippen LogP contribution in [0.15, 0.2) is 42.5 Å². The lowest BCUT2D eigenvalue weighted by Crippen LogP contribution is -2.39. The summed E-state index contributed by atoms with van der Waals surface area (Å²) in [5.41, 5.74) is 2.55. The lowest BCUT2D eigenvalue weighted by Gasteiger charge is -2.30. The highest BCUT2D eigenvalue weighted by Crippen LogP contribution is 2.27. The van der Waals surface area contributed by atoms with Crippen LogP contribution in [0.3, 0.4) is 0 Å². The Bertz CT molecular complexity index is 958. The number of non-ortho nitro benzene ring substituents is 1. The molecule has 1 heterocycles. The zero-order valence-electron chi connectivity index (χ0n) is 16.9. The molecule has 1 amide bonds. The summed E-state index contributed by atoms with van der Waals surface area (Å²) >= 11 is 5.33. The molecule has 0 unspecified atom stereocenters. The van der Waals surface area contributed by atoms with Crippen LogP contribution >= 0.6 is 12.2 Å². The van der Waals surface area contributed by atoms with Crippen LogP contribution in [-0.4, -0.2) is 42.2 Å². The molecule has 0 spiro atoms. The molecule has 2 N–H and O–H groups in total. The van der Waals surface area contributed by atoms with Crippen molar-refractivity contribution < 1.29 is 14.5 Å². The van der Waals surface area contributed by atoms with E-state index in [1.165, 1.54) is 12.1 Å². The van der Waals surface area contributed by atoms with E-state index in [0.29, 0.717) is 32.0 Å². The Kier molecular flexibility index (Phi) is 6.96. The van der Waals surface area contributed by atoms with Gasteiger partial charge in [-0.25, -0.2) is 0 Å². The Morgan fingerprint density at radius 3 is 2.57 bits per heavy atom. The molecular weight excluding hydrogens is 404 g/mol. The topological polar surface area (TPSA) is 96.7 Å². The summed E-state index contributed by atoms with van der Waals surface area (Å²) in [7, 11) is 0. The standard InChI is InChI=1S/C21H24N4O4S/c1-14(2)16-5-3-4-6-18(16)22-21(30)23-20(26)17-13-15(25(27)28)7-8-19(17)24-9-11-29-12-10-24/h3-8,13-14H,9-12H2,1-2H3,(H2,22,23,26,30). The third-order valence-corrected chi connectivity index (χ3v) is 5.05. The van der Waals surface area contributed by atoms with Gasteiger partial charge in [0.15, 0.2) is 5.11 Å². The number of para-hydroxylation sites is 1. The van der Waals surface area contributed by atoms with Gasteiger partial charge in [0.1, 0.15) is 0 Å². The van der Waals surface area contributed by atoms with Gasteiger partial charge in [0.2, 0.25) is 0 Å². The summed E-state index contributed by atoms with van der Waals surface area (Å²) in [6.45, 7) is 6.40. The van der Waals surface area contributed by atoms with Crippen molar-refractivity contribution in [2.75, 3.05) is 36.5 Å². The minimum Gasteiger partial charge on any atom is -0.378 e. The SMILES string of the molecule is CC(C)c1ccccc1NC(=S)NC(=O)c1cc([N+](=O)[O-])ccc1N1CCOCC1. The fraction of sp³-hybridized carbons (Fsp3) is 0.333. The normalized spacial score (nSPS) is 13.8. The number of carbonyl (C=O) groups is 1. The lowest BCUT2D eigenvalue weighted by atomic mass is 10.0. The molecule has 8 nitrogen and oxygen atoms in total. The Balaban J connectivity index is 1.82. The number of amides is 1. The number of morpholine rings is 1. The number of thiocarbonyl (C=S) groups is 1. The molecule has 0 aliphatic carbocycles. The number of nitro groups is 1. The van der Waals surface area contributed by atoms with Crippen molar-refractivity contribution in [3.63, 3.8) is 0 Å². The second-order valence-electron chi connectivity index (χ2n) is 7.21. The summed E-state index contributed by atoms with van der Waals surface area (Å²) in [5, 5.41) is 17.1. The molecule has 0 radical (unpaired) electrons. The van der Waals surface area contributed by atoms with Crippen LogP contribution < -0.4 is 15.5 Å². The Labute approximate surface area is 180 Å². The zero-order valence-corrected chi connectivity index (χ0v) is 17.7. The van der Waals surface area contributed by atoms with E-state index in [2.05, 4.69) is 24.5 Å². The molecule has 0 saturated carbocycles. The second kappa shape index (κ2) is 9.64. The first-order valence-electron chi connectivity index (χ1n) is 9.69. The van der Waals surface area contributed by atoms with E-state index < -0.39 is 10.8 Å². The highest BCUT2D eigenvalue weighted by molar-refractivity contribution is 7.80. The first kappa shape index (κ1) is 21.7. The molecule has 30 heavy (non-hydrogen) atoms. The smallest absolute Gasteiger partial charge is 0.270 e. The van der Waals surface area contributed by atoms with Crippen LogP contribution in [0.1, 0.15) is 35.7 Å². The Morgan fingerprint density at radius 2 is 1.90 bits per heavy atom. The quantitative estimate of drug-likeness (QED) is 0.426. The second-order valence-corrected chi connectivity index (χ2v) is 7.62. The van der Waals surface area contributed by atoms with E-state index in [-0.39, 0.29) is 22.3 Å². The summed E-state index contributed by atoms with van der Waals surface area (Å²) in [6.07, 6.45) is 0. The van der Waals surface area contributed by atoms with Crippen LogP contribution in [0.25, 0.3) is 0 Å². The van der Waals surface area contributed by atoms with Gasteiger partial charge in [-0.15, -0.1) is 0 Å². The summed E-state index contributed by atoms with van der Waals surface area (Å²) in [6, 6.07) is 12.0. The number of rotatable bonds is 5. The predicted octanol–water partition coefficient (Wildman–Crippen LogP) is 3.68. The van der Waals surface area contributed by atoms with Gasteiger partial charge in [-0.3, -0.25) is 20.2 Å². The maximum Gasteiger partial charge on any atom is 0.270 e. The number of nitro benzene ring substituents is 1.